The summed E-state index contributed by atoms with van der Waals surface area (Å²) in [4.78, 5) is 4.42. The van der Waals surface area contributed by atoms with E-state index in [4.69, 9.17) is 27.4 Å². The molecule has 0 radical (unpaired) electrons. The van der Waals surface area contributed by atoms with Gasteiger partial charge in [0.1, 0.15) is 10.7 Å². The molecule has 0 amide bonds. The van der Waals surface area contributed by atoms with Crippen LogP contribution in [0.4, 0.5) is 0 Å². The van der Waals surface area contributed by atoms with Crippen LogP contribution in [0.15, 0.2) is 18.3 Å². The number of thiocarbonyl (C=S) groups is 1. The molecule has 0 aliphatic rings. The molecule has 0 spiro atoms. The first kappa shape index (κ1) is 14.0. The van der Waals surface area contributed by atoms with E-state index in [0.29, 0.717) is 30.5 Å². The fraction of sp³-hybridized carbons (Fsp3) is 0.500. The Morgan fingerprint density at radius 2 is 2.24 bits per heavy atom. The fourth-order valence-corrected chi connectivity index (χ4v) is 1.49. The van der Waals surface area contributed by atoms with Crippen molar-refractivity contribution in [2.24, 2.45) is 5.73 Å². The molecule has 0 fully saturated rings. The zero-order valence-corrected chi connectivity index (χ0v) is 11.0. The highest BCUT2D eigenvalue weighted by atomic mass is 32.1. The summed E-state index contributed by atoms with van der Waals surface area (Å²) < 4.78 is 10.8. The monoisotopic (exact) mass is 254 g/mol. The summed E-state index contributed by atoms with van der Waals surface area (Å²) in [6.45, 7) is 5.56. The minimum absolute atomic E-state index is 0.226. The third-order valence-electron chi connectivity index (χ3n) is 2.06. The van der Waals surface area contributed by atoms with Crippen molar-refractivity contribution in [2.45, 2.75) is 26.6 Å². The molecule has 0 aromatic carbocycles. The molecule has 2 N–H and O–H groups in total. The lowest BCUT2D eigenvalue weighted by Crippen LogP contribution is -2.15. The van der Waals surface area contributed by atoms with E-state index in [0.717, 1.165) is 5.56 Å². The van der Waals surface area contributed by atoms with Crippen molar-refractivity contribution in [3.05, 3.63) is 29.6 Å². The van der Waals surface area contributed by atoms with Gasteiger partial charge in [0.25, 0.3) is 0 Å². The molecule has 1 heterocycles. The number of pyridine rings is 1. The number of aromatic nitrogens is 1. The molecule has 0 bridgehead atoms. The average molecular weight is 254 g/mol. The van der Waals surface area contributed by atoms with Gasteiger partial charge in [0.05, 0.1) is 25.9 Å². The molecule has 0 saturated heterocycles. The number of hydrogen-bond donors (Lipinski definition) is 1. The first-order chi connectivity index (χ1) is 8.11. The highest BCUT2D eigenvalue weighted by Crippen LogP contribution is 2.06. The van der Waals surface area contributed by atoms with E-state index in [1.165, 1.54) is 0 Å². The fourth-order valence-electron chi connectivity index (χ4n) is 1.30. The van der Waals surface area contributed by atoms with E-state index in [-0.39, 0.29) is 6.10 Å². The minimum atomic E-state index is 0.226. The second-order valence-electron chi connectivity index (χ2n) is 3.85. The first-order valence-electron chi connectivity index (χ1n) is 5.54. The van der Waals surface area contributed by atoms with Crippen LogP contribution in [0.2, 0.25) is 0 Å². The molecule has 0 unspecified atom stereocenters. The second-order valence-corrected chi connectivity index (χ2v) is 4.29. The van der Waals surface area contributed by atoms with Gasteiger partial charge in [-0.1, -0.05) is 18.3 Å². The third-order valence-corrected chi connectivity index (χ3v) is 2.25. The van der Waals surface area contributed by atoms with Crippen LogP contribution in [0, 0.1) is 0 Å². The molecule has 17 heavy (non-hydrogen) atoms. The van der Waals surface area contributed by atoms with Gasteiger partial charge in [0.15, 0.2) is 0 Å². The molecule has 0 saturated carbocycles. The number of nitrogens with zero attached hydrogens (tertiary/aromatic N) is 1. The zero-order valence-electron chi connectivity index (χ0n) is 10.2. The molecule has 1 aromatic rings. The van der Waals surface area contributed by atoms with Gasteiger partial charge >= 0.3 is 0 Å². The Morgan fingerprint density at radius 3 is 2.88 bits per heavy atom. The van der Waals surface area contributed by atoms with E-state index >= 15 is 0 Å². The smallest absolute Gasteiger partial charge is 0.123 e. The lowest BCUT2D eigenvalue weighted by molar-refractivity contribution is 0.0142. The number of rotatable bonds is 7. The van der Waals surface area contributed by atoms with Gasteiger partial charge in [-0.25, -0.2) is 0 Å². The zero-order chi connectivity index (χ0) is 12.7. The highest BCUT2D eigenvalue weighted by Gasteiger charge is 2.05. The van der Waals surface area contributed by atoms with Crippen molar-refractivity contribution in [1.29, 1.82) is 0 Å². The Kier molecular flexibility index (Phi) is 6.04. The maximum Gasteiger partial charge on any atom is 0.123 e. The van der Waals surface area contributed by atoms with Crippen LogP contribution in [0.25, 0.3) is 0 Å². The van der Waals surface area contributed by atoms with Gasteiger partial charge in [-0.15, -0.1) is 0 Å². The highest BCUT2D eigenvalue weighted by molar-refractivity contribution is 7.80. The van der Waals surface area contributed by atoms with Crippen LogP contribution in [-0.2, 0) is 16.1 Å². The van der Waals surface area contributed by atoms with Crippen molar-refractivity contribution < 1.29 is 9.47 Å². The van der Waals surface area contributed by atoms with Crippen molar-refractivity contribution in [3.63, 3.8) is 0 Å². The van der Waals surface area contributed by atoms with E-state index < -0.39 is 0 Å². The molecule has 94 valence electrons. The van der Waals surface area contributed by atoms with Crippen molar-refractivity contribution in [1.82, 2.24) is 4.98 Å². The van der Waals surface area contributed by atoms with Gasteiger partial charge in [-0.2, -0.15) is 0 Å². The van der Waals surface area contributed by atoms with Crippen LogP contribution in [-0.4, -0.2) is 29.3 Å². The Morgan fingerprint density at radius 1 is 1.47 bits per heavy atom. The van der Waals surface area contributed by atoms with Gasteiger partial charge in [-0.05, 0) is 19.9 Å². The molecule has 4 nitrogen and oxygen atoms in total. The normalized spacial score (nSPS) is 10.8. The summed E-state index contributed by atoms with van der Waals surface area (Å²) in [6.07, 6.45) is 1.89. The third kappa shape index (κ3) is 5.21. The molecule has 5 heteroatoms. The quantitative estimate of drug-likeness (QED) is 0.592. The predicted octanol–water partition coefficient (Wildman–Crippen LogP) is 1.66. The van der Waals surface area contributed by atoms with E-state index in [1.54, 1.807) is 6.20 Å². The topological polar surface area (TPSA) is 57.4 Å². The van der Waals surface area contributed by atoms with Gasteiger partial charge in [0.2, 0.25) is 0 Å². The maximum atomic E-state index is 5.57. The Hall–Kier alpha value is -1.04. The van der Waals surface area contributed by atoms with Crippen molar-refractivity contribution >= 4 is 17.2 Å². The molecule has 0 aliphatic carbocycles. The van der Waals surface area contributed by atoms with Crippen LogP contribution in [0.3, 0.4) is 0 Å². The molecule has 1 aromatic heterocycles. The summed E-state index contributed by atoms with van der Waals surface area (Å²) in [7, 11) is 0. The first-order valence-corrected chi connectivity index (χ1v) is 5.95. The van der Waals surface area contributed by atoms with E-state index in [2.05, 4.69) is 4.98 Å². The Balaban J connectivity index is 2.39. The molecule has 1 rings (SSSR count). The van der Waals surface area contributed by atoms with Gasteiger partial charge in [-0.3, -0.25) is 4.98 Å². The molecular formula is C12H18N2O2S. The number of nitrogens with two attached hydrogens (primary N) is 1. The largest absolute Gasteiger partial charge is 0.388 e. The van der Waals surface area contributed by atoms with Gasteiger partial charge in [0, 0.05) is 11.8 Å². The van der Waals surface area contributed by atoms with Crippen molar-refractivity contribution in [2.75, 3.05) is 13.2 Å². The standard InChI is InChI=1S/C12H18N2O2S/c1-9(2)16-7-6-15-8-10-4-3-5-14-11(10)12(13)17/h3-5,9H,6-8H2,1-2H3,(H2,13,17). The second kappa shape index (κ2) is 7.32. The van der Waals surface area contributed by atoms with E-state index in [9.17, 15) is 0 Å². The summed E-state index contributed by atoms with van der Waals surface area (Å²) in [5, 5.41) is 0. The SMILES string of the molecule is CC(C)OCCOCc1cccnc1C(N)=S. The summed E-state index contributed by atoms with van der Waals surface area (Å²) in [6, 6.07) is 3.75. The number of hydrogen-bond acceptors (Lipinski definition) is 4. The summed E-state index contributed by atoms with van der Waals surface area (Å²) >= 11 is 4.92. The average Bonchev–Trinajstić information content (AvgIpc) is 2.28. The molecule has 0 aliphatic heterocycles. The van der Waals surface area contributed by atoms with E-state index in [1.807, 2.05) is 26.0 Å². The summed E-state index contributed by atoms with van der Waals surface area (Å²) in [5.74, 6) is 0. The molecule has 0 atom stereocenters. The van der Waals surface area contributed by atoms with Gasteiger partial charge < -0.3 is 15.2 Å². The minimum Gasteiger partial charge on any atom is -0.388 e. The Labute approximate surface area is 107 Å². The van der Waals surface area contributed by atoms with Crippen molar-refractivity contribution in [3.8, 4) is 0 Å². The number of ether oxygens (including phenoxy) is 2. The molecular weight excluding hydrogens is 236 g/mol. The lowest BCUT2D eigenvalue weighted by Gasteiger charge is -2.09. The maximum absolute atomic E-state index is 5.57. The predicted molar refractivity (Wildman–Crippen MR) is 70.9 cm³/mol. The summed E-state index contributed by atoms with van der Waals surface area (Å²) in [5.41, 5.74) is 7.11. The van der Waals surface area contributed by atoms with Crippen LogP contribution >= 0.6 is 12.2 Å². The Bertz CT molecular complexity index is 369. The van der Waals surface area contributed by atoms with Crippen LogP contribution in [0.5, 0.6) is 0 Å². The van der Waals surface area contributed by atoms with Crippen LogP contribution < -0.4 is 5.73 Å². The van der Waals surface area contributed by atoms with Crippen LogP contribution in [0.1, 0.15) is 25.1 Å². The lowest BCUT2D eigenvalue weighted by atomic mass is 10.2.